The summed E-state index contributed by atoms with van der Waals surface area (Å²) in [6, 6.07) is 43.7. The molecule has 92 heavy (non-hydrogen) atoms. The molecule has 9 aromatic heterocycles. The van der Waals surface area contributed by atoms with E-state index in [-0.39, 0.29) is 43.2 Å². The highest BCUT2D eigenvalue weighted by Crippen LogP contribution is 2.26. The molecule has 0 aliphatic carbocycles. The molecule has 0 saturated heterocycles. The van der Waals surface area contributed by atoms with Crippen molar-refractivity contribution in [3.05, 3.63) is 229 Å². The van der Waals surface area contributed by atoms with Crippen molar-refractivity contribution in [2.24, 2.45) is 21.1 Å². The summed E-state index contributed by atoms with van der Waals surface area (Å²) < 4.78 is 119. The van der Waals surface area contributed by atoms with Gasteiger partial charge in [0, 0.05) is 84.6 Å². The second-order valence-electron chi connectivity index (χ2n) is 24.8. The molecule has 0 bridgehead atoms. The fraction of sp³-hybridized carbons (Fsp3) is 0.221. The molecule has 3 aliphatic rings. The van der Waals surface area contributed by atoms with Gasteiger partial charge in [-0.3, -0.25) is 0 Å². The molecule has 0 radical (unpaired) electrons. The Morgan fingerprint density at radius 1 is 0.380 bits per heavy atom. The van der Waals surface area contributed by atoms with Crippen LogP contribution in [-0.2, 0) is 21.1 Å². The van der Waals surface area contributed by atoms with Gasteiger partial charge in [-0.15, -0.1) is 0 Å². The zero-order valence-electron chi connectivity index (χ0n) is 66.1. The summed E-state index contributed by atoms with van der Waals surface area (Å²) >= 11 is 0. The quantitative estimate of drug-likeness (QED) is 0.126. The van der Waals surface area contributed by atoms with E-state index in [1.165, 1.54) is 22.3 Å². The predicted octanol–water partition coefficient (Wildman–Crippen LogP) is 7.30. The minimum absolute atomic E-state index is 0.00492. The van der Waals surface area contributed by atoms with Crippen molar-refractivity contribution in [2.75, 3.05) is 21.1 Å². The lowest BCUT2D eigenvalue weighted by atomic mass is 9.50. The van der Waals surface area contributed by atoms with Crippen LogP contribution in [-0.4, -0.2) is 71.1 Å². The lowest BCUT2D eigenvalue weighted by Crippen LogP contribution is -2.62. The second kappa shape index (κ2) is 24.0. The summed E-state index contributed by atoms with van der Waals surface area (Å²) in [5.41, 5.74) is 19.7. The van der Waals surface area contributed by atoms with Crippen molar-refractivity contribution in [1.82, 2.24) is 29.4 Å². The zero-order valence-corrected chi connectivity index (χ0v) is 54.1. The van der Waals surface area contributed by atoms with Crippen LogP contribution in [0, 0.1) is 55.1 Å². The smallest absolute Gasteiger partial charge is 0.402 e. The predicted molar refractivity (Wildman–Crippen MR) is 377 cm³/mol. The van der Waals surface area contributed by atoms with Crippen molar-refractivity contribution in [3.8, 4) is 33.4 Å². The number of pyridine rings is 6. The molecule has 15 heteroatoms. The Bertz CT molecular complexity index is 5860. The average Bonchev–Trinajstić information content (AvgIpc) is 1.70. The highest BCUT2D eigenvalue weighted by molar-refractivity contribution is 6.86. The van der Waals surface area contributed by atoms with Crippen molar-refractivity contribution in [1.29, 1.82) is 0 Å². The third kappa shape index (κ3) is 10.8. The first-order chi connectivity index (χ1) is 49.0. The second-order valence-corrected chi connectivity index (χ2v) is 24.8. The van der Waals surface area contributed by atoms with Gasteiger partial charge >= 0.3 is 20.5 Å². The number of hydrogen-bond donors (Lipinski definition) is 0. The minimum atomic E-state index is -2.33. The van der Waals surface area contributed by atoms with Crippen LogP contribution in [0.15, 0.2) is 165 Å². The van der Waals surface area contributed by atoms with E-state index in [2.05, 4.69) is 160 Å². The molecule has 456 valence electrons. The number of aromatic nitrogens is 6. The van der Waals surface area contributed by atoms with Gasteiger partial charge in [0.2, 0.25) is 17.1 Å². The lowest BCUT2D eigenvalue weighted by Gasteiger charge is -2.25. The Morgan fingerprint density at radius 2 is 0.761 bits per heavy atom. The Kier molecular flexibility index (Phi) is 12.5. The highest BCUT2D eigenvalue weighted by atomic mass is 16.3. The van der Waals surface area contributed by atoms with Gasteiger partial charge in [-0.05, 0) is 200 Å². The highest BCUT2D eigenvalue weighted by Gasteiger charge is 2.39. The number of furan rings is 3. The van der Waals surface area contributed by atoms with E-state index in [0.717, 1.165) is 104 Å². The maximum atomic E-state index is 8.13. The van der Waals surface area contributed by atoms with Crippen LogP contribution < -0.4 is 62.4 Å². The minimum Gasteiger partial charge on any atom is -0.438 e. The van der Waals surface area contributed by atoms with Crippen molar-refractivity contribution >= 4 is 106 Å². The van der Waals surface area contributed by atoms with Crippen molar-refractivity contribution in [2.45, 2.75) is 75.9 Å². The van der Waals surface area contributed by atoms with Gasteiger partial charge in [0.1, 0.15) is 37.4 Å². The molecule has 12 aromatic rings. The molecule has 0 fully saturated rings. The Hall–Kier alpha value is -10.0. The molecule has 15 rings (SSSR count). The van der Waals surface area contributed by atoms with Crippen LogP contribution >= 0.6 is 0 Å². The van der Waals surface area contributed by atoms with Crippen molar-refractivity contribution < 1.29 is 43.4 Å². The van der Waals surface area contributed by atoms with E-state index < -0.39 is 27.4 Å². The first-order valence-electron chi connectivity index (χ1n) is 36.7. The number of hydrogen-bond acceptors (Lipinski definition) is 9. The maximum absolute atomic E-state index is 8.13. The van der Waals surface area contributed by atoms with Crippen molar-refractivity contribution in [3.63, 3.8) is 0 Å². The SMILES string of the molecule is [2H]C([2H])([2H])c1cc(C)c2c3c(oc2n1)=C(C)B(c1cc(-c2ccccc2)c(C([2H])([2H])[2H])c[n+]1C)N(C)C=3.[2H]C([2H])([2H])c1cc(C)c2c3c(oc2n1)=C(C)B(c1cc(-c2ccccc2)cc[n+]1C)N(C)C=3.[2H]C([2H])([2H])c1cc(C)c2c3c(oc2n1)=C(C)B(c1cc(C)c(-c2ccccc2)c[n+]1C)N(C)C=3. The largest absolute Gasteiger partial charge is 0.438 e. The molecular formula is C77H79B3N9O3+3. The van der Waals surface area contributed by atoms with E-state index >= 15 is 0 Å². The van der Waals surface area contributed by atoms with E-state index in [4.69, 9.17) is 29.7 Å². The van der Waals surface area contributed by atoms with Crippen LogP contribution in [0.3, 0.4) is 0 Å². The first kappa shape index (κ1) is 47.9. The maximum Gasteiger partial charge on any atom is 0.402 e. The summed E-state index contributed by atoms with van der Waals surface area (Å²) in [6.07, 6.45) is 12.1. The first-order valence-corrected chi connectivity index (χ1v) is 30.7. The van der Waals surface area contributed by atoms with Crippen LogP contribution in [0.1, 0.15) is 82.1 Å². The number of fused-ring (bicyclic) bond motifs is 9. The Labute approximate surface area is 556 Å². The third-order valence-corrected chi connectivity index (χ3v) is 18.4. The van der Waals surface area contributed by atoms with Crippen LogP contribution in [0.5, 0.6) is 0 Å². The van der Waals surface area contributed by atoms with Crippen LogP contribution in [0.2, 0.25) is 0 Å². The van der Waals surface area contributed by atoms with Crippen LogP contribution in [0.4, 0.5) is 0 Å². The standard InChI is InChI=1S/2C26H27BN3O.C25H25BN3O/c1-16-13-23(29(5)14-21(16)20-10-8-7-9-11-20)27-19(4)25-22(15-30(27)6)24-17(2)12-18(3)28-26(24)31-25;1-16-12-18(3)28-26-24(16)22-15-30(6)27(19(4)25(22)31-26)23-13-21(17(2)14-29(23)5)20-10-8-7-9-11-20;1-16-13-17(2)27-25-23(16)21-15-29(5)26(18(3)24(21)30-25)22-14-20(11-12-28(22)4)19-9-7-6-8-10-19/h2*7-15H,1-6H3;6-15H,1-5H3/q3*+1/i3D3;2D3,3D3;2D3. The summed E-state index contributed by atoms with van der Waals surface area (Å²) in [5, 5.41) is 5.29. The Balaban J connectivity index is 0.000000139. The van der Waals surface area contributed by atoms with Gasteiger partial charge in [-0.2, -0.15) is 0 Å². The van der Waals surface area contributed by atoms with Gasteiger partial charge in [0.05, 0.1) is 16.2 Å². The van der Waals surface area contributed by atoms with Gasteiger partial charge in [-0.25, -0.2) is 28.7 Å². The number of nitrogens with zero attached hydrogens (tertiary/aromatic N) is 9. The van der Waals surface area contributed by atoms with E-state index in [9.17, 15) is 0 Å². The van der Waals surface area contributed by atoms with Gasteiger partial charge in [-0.1, -0.05) is 91.0 Å². The average molecular weight is 1220 g/mol. The topological polar surface area (TPSA) is 99.4 Å². The number of benzene rings is 3. The molecule has 0 atom stereocenters. The molecule has 3 aliphatic heterocycles. The zero-order chi connectivity index (χ0) is 74.7. The monoisotopic (exact) mass is 1220 g/mol. The molecule has 12 heterocycles. The number of aryl methyl sites for hydroxylation is 11. The molecule has 0 unspecified atom stereocenters. The summed E-state index contributed by atoms with van der Waals surface area (Å²) in [4.78, 5) is 19.5. The van der Waals surface area contributed by atoms with E-state index in [1.807, 2.05) is 120 Å². The number of rotatable bonds is 6. The molecular weight excluding hydrogens is 1130 g/mol. The molecule has 12 nitrogen and oxygen atoms in total. The lowest BCUT2D eigenvalue weighted by molar-refractivity contribution is -0.654. The van der Waals surface area contributed by atoms with Gasteiger partial charge in [0.15, 0.2) is 35.4 Å². The fourth-order valence-electron chi connectivity index (χ4n) is 14.0. The normalized spacial score (nSPS) is 16.0. The summed E-state index contributed by atoms with van der Waals surface area (Å²) in [6.45, 7) is 4.50. The summed E-state index contributed by atoms with van der Waals surface area (Å²) in [5.74, 6) is 0. The van der Waals surface area contributed by atoms with E-state index in [0.29, 0.717) is 28.1 Å². The molecule has 3 aromatic carbocycles. The van der Waals surface area contributed by atoms with Crippen LogP contribution in [0.25, 0.3) is 102 Å². The Morgan fingerprint density at radius 3 is 1.17 bits per heavy atom. The molecule has 0 amide bonds. The fourth-order valence-corrected chi connectivity index (χ4v) is 14.0. The van der Waals surface area contributed by atoms with Gasteiger partial charge < -0.3 is 27.7 Å². The van der Waals surface area contributed by atoms with Gasteiger partial charge in [0.25, 0.3) is 0 Å². The summed E-state index contributed by atoms with van der Waals surface area (Å²) in [7, 11) is 12.1. The molecule has 0 saturated carbocycles. The molecule has 0 spiro atoms. The molecule has 0 N–H and O–H groups in total. The third-order valence-electron chi connectivity index (χ3n) is 18.4. The van der Waals surface area contributed by atoms with E-state index in [1.54, 1.807) is 24.4 Å².